The zero-order valence-electron chi connectivity index (χ0n) is 39.7. The van der Waals surface area contributed by atoms with Gasteiger partial charge in [-0.3, -0.25) is 14.4 Å². The molecule has 348 valence electrons. The summed E-state index contributed by atoms with van der Waals surface area (Å²) >= 11 is 0. The molecule has 0 spiro atoms. The Labute approximate surface area is 371 Å². The van der Waals surface area contributed by atoms with Gasteiger partial charge in [0.05, 0.1) is 0 Å². The second-order valence-corrected chi connectivity index (χ2v) is 17.1. The highest BCUT2D eigenvalue weighted by Crippen LogP contribution is 2.15. The number of unbranched alkanes of at least 4 members (excludes halogenated alkanes) is 27. The number of esters is 3. The fourth-order valence-corrected chi connectivity index (χ4v) is 7.22. The first kappa shape index (κ1) is 57.4. The summed E-state index contributed by atoms with van der Waals surface area (Å²) in [6.07, 6.45) is 58.0. The summed E-state index contributed by atoms with van der Waals surface area (Å²) in [7, 11) is 0. The second-order valence-electron chi connectivity index (χ2n) is 17.1. The fourth-order valence-electron chi connectivity index (χ4n) is 7.22. The van der Waals surface area contributed by atoms with Crippen LogP contribution in [0.25, 0.3) is 0 Å². The molecule has 0 amide bonds. The molecule has 0 saturated carbocycles. The molecule has 0 fully saturated rings. The lowest BCUT2D eigenvalue weighted by molar-refractivity contribution is -0.167. The van der Waals surface area contributed by atoms with Crippen molar-refractivity contribution in [2.75, 3.05) is 13.2 Å². The number of rotatable bonds is 46. The van der Waals surface area contributed by atoms with Gasteiger partial charge in [0.1, 0.15) is 13.2 Å². The van der Waals surface area contributed by atoms with Crippen LogP contribution in [0.1, 0.15) is 258 Å². The van der Waals surface area contributed by atoms with Crippen molar-refractivity contribution in [3.05, 3.63) is 48.6 Å². The van der Waals surface area contributed by atoms with Crippen molar-refractivity contribution in [2.45, 2.75) is 264 Å². The van der Waals surface area contributed by atoms with Gasteiger partial charge in [0.2, 0.25) is 0 Å². The van der Waals surface area contributed by atoms with Gasteiger partial charge in [-0.25, -0.2) is 0 Å². The van der Waals surface area contributed by atoms with E-state index in [-0.39, 0.29) is 31.1 Å². The maximum Gasteiger partial charge on any atom is 0.306 e. The van der Waals surface area contributed by atoms with Crippen molar-refractivity contribution in [1.29, 1.82) is 0 Å². The van der Waals surface area contributed by atoms with E-state index in [0.717, 1.165) is 109 Å². The number of allylic oxidation sites excluding steroid dienone is 8. The maximum absolute atomic E-state index is 12.8. The van der Waals surface area contributed by atoms with Crippen LogP contribution in [-0.4, -0.2) is 37.2 Å². The number of hydrogen-bond acceptors (Lipinski definition) is 6. The average molecular weight is 841 g/mol. The van der Waals surface area contributed by atoms with E-state index in [9.17, 15) is 14.4 Å². The number of carbonyl (C=O) groups excluding carboxylic acids is 3. The van der Waals surface area contributed by atoms with Gasteiger partial charge >= 0.3 is 17.9 Å². The van der Waals surface area contributed by atoms with E-state index >= 15 is 0 Å². The van der Waals surface area contributed by atoms with Crippen LogP contribution in [-0.2, 0) is 28.6 Å². The third kappa shape index (κ3) is 46.4. The molecule has 60 heavy (non-hydrogen) atoms. The minimum absolute atomic E-state index is 0.0798. The Morgan fingerprint density at radius 1 is 0.350 bits per heavy atom. The van der Waals surface area contributed by atoms with Gasteiger partial charge in [-0.1, -0.05) is 211 Å². The molecule has 0 aliphatic heterocycles. The van der Waals surface area contributed by atoms with Gasteiger partial charge in [-0.05, 0) is 77.0 Å². The SMILES string of the molecule is CC/C=C\C/C=C\C/C=C\CCCCCCCC(=O)OC[C@H](COC(=O)CCCCCCCCCCCCCC)OC(=O)CCCCCCC/C=C\CCCCCCCC. The molecule has 0 N–H and O–H groups in total. The summed E-state index contributed by atoms with van der Waals surface area (Å²) in [5.41, 5.74) is 0. The lowest BCUT2D eigenvalue weighted by Crippen LogP contribution is -2.30. The van der Waals surface area contributed by atoms with Crippen LogP contribution >= 0.6 is 0 Å². The Hall–Kier alpha value is -2.63. The standard InChI is InChI=1S/C54H96O6/c1-4-7-10-13-16-19-22-25-27-29-32-35-38-41-44-47-53(56)59-50-51(49-58-52(55)46-43-40-37-34-31-24-21-18-15-12-9-6-3)60-54(57)48-45-42-39-36-33-30-28-26-23-20-17-14-11-8-5-2/h7,10,16,19,25-28,51H,4-6,8-9,11-15,17-18,20-24,29-50H2,1-3H3/b10-7-,19-16-,27-25-,28-26-/t51-/m0/s1. The Kier molecular flexibility index (Phi) is 46.9. The molecule has 6 nitrogen and oxygen atoms in total. The predicted molar refractivity (Wildman–Crippen MR) is 256 cm³/mol. The van der Waals surface area contributed by atoms with Gasteiger partial charge in [-0.15, -0.1) is 0 Å². The molecule has 0 aliphatic rings. The minimum Gasteiger partial charge on any atom is -0.462 e. The Morgan fingerprint density at radius 3 is 1.03 bits per heavy atom. The molecule has 0 heterocycles. The first-order chi connectivity index (χ1) is 29.5. The highest BCUT2D eigenvalue weighted by molar-refractivity contribution is 5.71. The molecular formula is C54H96O6. The van der Waals surface area contributed by atoms with Crippen LogP contribution in [0.5, 0.6) is 0 Å². The van der Waals surface area contributed by atoms with Gasteiger partial charge in [0, 0.05) is 19.3 Å². The predicted octanol–water partition coefficient (Wildman–Crippen LogP) is 16.7. The van der Waals surface area contributed by atoms with Crippen LogP contribution < -0.4 is 0 Å². The molecule has 0 aromatic rings. The molecular weight excluding hydrogens is 745 g/mol. The summed E-state index contributed by atoms with van der Waals surface area (Å²) in [5.74, 6) is -0.899. The number of hydrogen-bond donors (Lipinski definition) is 0. The normalized spacial score (nSPS) is 12.4. The molecule has 0 radical (unpaired) electrons. The number of ether oxygens (including phenoxy) is 3. The molecule has 0 aromatic carbocycles. The molecule has 0 unspecified atom stereocenters. The smallest absolute Gasteiger partial charge is 0.306 e. The van der Waals surface area contributed by atoms with Crippen molar-refractivity contribution in [2.24, 2.45) is 0 Å². The third-order valence-corrected chi connectivity index (χ3v) is 11.1. The lowest BCUT2D eigenvalue weighted by atomic mass is 10.0. The Bertz CT molecular complexity index is 1060. The van der Waals surface area contributed by atoms with E-state index in [2.05, 4.69) is 69.4 Å². The topological polar surface area (TPSA) is 78.9 Å². The van der Waals surface area contributed by atoms with Gasteiger partial charge in [0.25, 0.3) is 0 Å². The fraction of sp³-hybridized carbons (Fsp3) is 0.796. The highest BCUT2D eigenvalue weighted by atomic mass is 16.6. The van der Waals surface area contributed by atoms with E-state index in [1.165, 1.54) is 109 Å². The van der Waals surface area contributed by atoms with Crippen molar-refractivity contribution < 1.29 is 28.6 Å². The van der Waals surface area contributed by atoms with E-state index in [1.54, 1.807) is 0 Å². The highest BCUT2D eigenvalue weighted by Gasteiger charge is 2.19. The average Bonchev–Trinajstić information content (AvgIpc) is 3.24. The van der Waals surface area contributed by atoms with Gasteiger partial charge < -0.3 is 14.2 Å². The molecule has 6 heteroatoms. The van der Waals surface area contributed by atoms with Crippen LogP contribution in [0, 0.1) is 0 Å². The lowest BCUT2D eigenvalue weighted by Gasteiger charge is -2.18. The first-order valence-electron chi connectivity index (χ1n) is 25.6. The van der Waals surface area contributed by atoms with Crippen LogP contribution in [0.4, 0.5) is 0 Å². The summed E-state index contributed by atoms with van der Waals surface area (Å²) in [4.78, 5) is 37.9. The molecule has 0 saturated heterocycles. The summed E-state index contributed by atoms with van der Waals surface area (Å²) in [6.45, 7) is 6.51. The number of carbonyl (C=O) groups is 3. The van der Waals surface area contributed by atoms with Crippen molar-refractivity contribution >= 4 is 17.9 Å². The van der Waals surface area contributed by atoms with Crippen molar-refractivity contribution in [3.63, 3.8) is 0 Å². The van der Waals surface area contributed by atoms with Crippen molar-refractivity contribution in [1.82, 2.24) is 0 Å². The van der Waals surface area contributed by atoms with Crippen LogP contribution in [0.2, 0.25) is 0 Å². The second kappa shape index (κ2) is 49.0. The van der Waals surface area contributed by atoms with Crippen molar-refractivity contribution in [3.8, 4) is 0 Å². The van der Waals surface area contributed by atoms with Gasteiger partial charge in [-0.2, -0.15) is 0 Å². The van der Waals surface area contributed by atoms with Gasteiger partial charge in [0.15, 0.2) is 6.10 Å². The third-order valence-electron chi connectivity index (χ3n) is 11.1. The quantitative estimate of drug-likeness (QED) is 0.0263. The minimum atomic E-state index is -0.781. The largest absolute Gasteiger partial charge is 0.462 e. The first-order valence-corrected chi connectivity index (χ1v) is 25.6. The van der Waals surface area contributed by atoms with E-state index in [4.69, 9.17) is 14.2 Å². The summed E-state index contributed by atoms with van der Waals surface area (Å²) in [6, 6.07) is 0. The molecule has 0 rings (SSSR count). The van der Waals surface area contributed by atoms with E-state index < -0.39 is 6.10 Å². The van der Waals surface area contributed by atoms with Crippen LogP contribution in [0.15, 0.2) is 48.6 Å². The zero-order valence-corrected chi connectivity index (χ0v) is 39.7. The summed E-state index contributed by atoms with van der Waals surface area (Å²) < 4.78 is 16.8. The van der Waals surface area contributed by atoms with Crippen LogP contribution in [0.3, 0.4) is 0 Å². The molecule has 1 atom stereocenters. The van der Waals surface area contributed by atoms with E-state index in [1.807, 2.05) is 0 Å². The zero-order chi connectivity index (χ0) is 43.7. The molecule has 0 bridgehead atoms. The monoisotopic (exact) mass is 841 g/mol. The Morgan fingerprint density at radius 2 is 0.650 bits per heavy atom. The molecule has 0 aliphatic carbocycles. The molecule has 0 aromatic heterocycles. The maximum atomic E-state index is 12.8. The van der Waals surface area contributed by atoms with E-state index in [0.29, 0.717) is 19.3 Å². The summed E-state index contributed by atoms with van der Waals surface area (Å²) in [5, 5.41) is 0. The Balaban J connectivity index is 4.40.